The Morgan fingerprint density at radius 3 is 2.75 bits per heavy atom. The third-order valence-corrected chi connectivity index (χ3v) is 4.08. The fraction of sp³-hybridized carbons (Fsp3) is 0.211. The number of aliphatic hydroxyl groups is 1. The molecule has 2 N–H and O–H groups in total. The van der Waals surface area contributed by atoms with Gasteiger partial charge in [-0.1, -0.05) is 5.21 Å². The van der Waals surface area contributed by atoms with E-state index in [0.717, 1.165) is 0 Å². The van der Waals surface area contributed by atoms with Crippen LogP contribution in [0.15, 0.2) is 42.7 Å². The van der Waals surface area contributed by atoms with Crippen LogP contribution in [0.2, 0.25) is 0 Å². The van der Waals surface area contributed by atoms with Crippen LogP contribution < -0.4 is 5.32 Å². The second-order valence-corrected chi connectivity index (χ2v) is 6.54. The second-order valence-electron chi connectivity index (χ2n) is 6.54. The van der Waals surface area contributed by atoms with Gasteiger partial charge in [-0.05, 0) is 49.7 Å². The molecule has 8 nitrogen and oxygen atoms in total. The minimum absolute atomic E-state index is 0.143. The van der Waals surface area contributed by atoms with E-state index >= 15 is 0 Å². The average molecular weight is 380 g/mol. The van der Waals surface area contributed by atoms with Crippen molar-refractivity contribution < 1.29 is 14.3 Å². The Morgan fingerprint density at radius 2 is 2.11 bits per heavy atom. The highest BCUT2D eigenvalue weighted by Crippen LogP contribution is 2.19. The summed E-state index contributed by atoms with van der Waals surface area (Å²) in [5.74, 6) is -1.01. The molecule has 2 heterocycles. The first-order chi connectivity index (χ1) is 13.3. The fourth-order valence-electron chi connectivity index (χ4n) is 2.54. The number of nitriles is 1. The van der Waals surface area contributed by atoms with E-state index in [1.54, 1.807) is 31.3 Å². The van der Waals surface area contributed by atoms with Crippen molar-refractivity contribution in [2.75, 3.05) is 5.32 Å². The molecule has 9 heteroatoms. The first kappa shape index (κ1) is 19.1. The van der Waals surface area contributed by atoms with E-state index in [4.69, 9.17) is 5.26 Å². The van der Waals surface area contributed by atoms with Gasteiger partial charge >= 0.3 is 0 Å². The average Bonchev–Trinajstić information content (AvgIpc) is 3.10. The lowest BCUT2D eigenvalue weighted by atomic mass is 10.1. The van der Waals surface area contributed by atoms with Crippen molar-refractivity contribution in [3.8, 4) is 17.3 Å². The molecule has 0 fully saturated rings. The monoisotopic (exact) mass is 380 g/mol. The first-order valence-electron chi connectivity index (χ1n) is 8.35. The van der Waals surface area contributed by atoms with Crippen LogP contribution in [0.1, 0.15) is 18.2 Å². The van der Waals surface area contributed by atoms with Gasteiger partial charge in [0, 0.05) is 5.56 Å². The van der Waals surface area contributed by atoms with Crippen LogP contribution >= 0.6 is 0 Å². The Bertz CT molecular complexity index is 1050. The number of aromatic nitrogens is 4. The van der Waals surface area contributed by atoms with Crippen LogP contribution in [0.3, 0.4) is 0 Å². The highest BCUT2D eigenvalue weighted by Gasteiger charge is 2.31. The molecule has 3 aromatic rings. The zero-order chi connectivity index (χ0) is 20.3. The van der Waals surface area contributed by atoms with E-state index < -0.39 is 11.5 Å². The van der Waals surface area contributed by atoms with Crippen LogP contribution in [0.4, 0.5) is 10.1 Å². The molecule has 0 spiro atoms. The zero-order valence-corrected chi connectivity index (χ0v) is 15.2. The largest absolute Gasteiger partial charge is 0.378 e. The lowest BCUT2D eigenvalue weighted by Gasteiger charge is -2.22. The minimum atomic E-state index is -1.78. The number of nitrogens with zero attached hydrogens (tertiary/aromatic N) is 5. The topological polar surface area (TPSA) is 117 Å². The predicted molar refractivity (Wildman–Crippen MR) is 98.4 cm³/mol. The number of nitrogens with one attached hydrogen (secondary N) is 1. The van der Waals surface area contributed by atoms with Gasteiger partial charge in [0.15, 0.2) is 5.60 Å². The molecule has 28 heavy (non-hydrogen) atoms. The molecule has 3 rings (SSSR count). The molecule has 0 saturated carbocycles. The second kappa shape index (κ2) is 7.54. The summed E-state index contributed by atoms with van der Waals surface area (Å²) in [6.45, 7) is 2.91. The Kier molecular flexibility index (Phi) is 5.15. The van der Waals surface area contributed by atoms with Gasteiger partial charge in [0.2, 0.25) is 0 Å². The quantitative estimate of drug-likeness (QED) is 0.700. The molecule has 142 valence electrons. The van der Waals surface area contributed by atoms with Crippen LogP contribution in [0.25, 0.3) is 11.3 Å². The van der Waals surface area contributed by atoms with Crippen molar-refractivity contribution in [1.82, 2.24) is 20.0 Å². The third kappa shape index (κ3) is 4.19. The summed E-state index contributed by atoms with van der Waals surface area (Å²) >= 11 is 0. The van der Waals surface area contributed by atoms with Crippen LogP contribution in [-0.4, -0.2) is 36.6 Å². The highest BCUT2D eigenvalue weighted by molar-refractivity contribution is 5.96. The molecule has 1 aromatic carbocycles. The van der Waals surface area contributed by atoms with Crippen molar-refractivity contribution in [3.63, 3.8) is 0 Å². The number of halogens is 1. The Balaban J connectivity index is 1.71. The van der Waals surface area contributed by atoms with Gasteiger partial charge in [-0.15, -0.1) is 5.10 Å². The normalized spacial score (nSPS) is 12.8. The molecule has 1 unspecified atom stereocenters. The summed E-state index contributed by atoms with van der Waals surface area (Å²) in [7, 11) is 0. The third-order valence-electron chi connectivity index (χ3n) is 4.08. The molecule has 2 aromatic heterocycles. The summed E-state index contributed by atoms with van der Waals surface area (Å²) in [5.41, 5.74) is 0.613. The first-order valence-corrected chi connectivity index (χ1v) is 8.35. The summed E-state index contributed by atoms with van der Waals surface area (Å²) in [4.78, 5) is 16.4. The molecule has 1 atom stereocenters. The number of rotatable bonds is 5. The van der Waals surface area contributed by atoms with Crippen molar-refractivity contribution in [2.24, 2.45) is 0 Å². The Labute approximate surface area is 160 Å². The van der Waals surface area contributed by atoms with Gasteiger partial charge in [0.05, 0.1) is 24.6 Å². The fourth-order valence-corrected chi connectivity index (χ4v) is 2.54. The highest BCUT2D eigenvalue weighted by atomic mass is 19.1. The van der Waals surface area contributed by atoms with E-state index in [-0.39, 0.29) is 18.1 Å². The number of benzene rings is 1. The molecule has 0 aliphatic carbocycles. The number of anilines is 1. The number of pyridine rings is 1. The number of amides is 1. The van der Waals surface area contributed by atoms with Crippen LogP contribution in [0.5, 0.6) is 0 Å². The minimum Gasteiger partial charge on any atom is -0.378 e. The number of hydrogen-bond acceptors (Lipinski definition) is 6. The van der Waals surface area contributed by atoms with Gasteiger partial charge in [0.1, 0.15) is 23.3 Å². The van der Waals surface area contributed by atoms with E-state index in [1.165, 1.54) is 29.9 Å². The molecule has 0 radical (unpaired) electrons. The number of aryl methyl sites for hydroxylation is 1. The maximum atomic E-state index is 13.0. The number of carbonyl (C=O) groups excluding carboxylic acids is 1. The molecule has 1 amide bonds. The lowest BCUT2D eigenvalue weighted by Crippen LogP contribution is -2.43. The number of hydrogen-bond donors (Lipinski definition) is 2. The van der Waals surface area contributed by atoms with Crippen molar-refractivity contribution in [2.45, 2.75) is 26.0 Å². The van der Waals surface area contributed by atoms with Crippen molar-refractivity contribution in [3.05, 3.63) is 59.8 Å². The molecule has 0 aliphatic rings. The predicted octanol–water partition coefficient (Wildman–Crippen LogP) is 2.05. The maximum absolute atomic E-state index is 13.0. The molecule has 0 bridgehead atoms. The van der Waals surface area contributed by atoms with Crippen molar-refractivity contribution >= 4 is 11.6 Å². The summed E-state index contributed by atoms with van der Waals surface area (Å²) in [6, 6.07) is 9.29. The SMILES string of the molecule is Cc1cc(NC(=O)C(C)(O)Cn2cc(-c3ccc(F)cc3)nn2)cnc1C#N. The standard InChI is InChI=1S/C19H17FN6O2/c1-12-7-15(9-22-16(12)8-21)23-18(27)19(2,28)11-26-10-17(24-25-26)13-3-5-14(20)6-4-13/h3-7,9-10,28H,11H2,1-2H3,(H,23,27). The van der Waals surface area contributed by atoms with Crippen LogP contribution in [-0.2, 0) is 11.3 Å². The van der Waals surface area contributed by atoms with Crippen LogP contribution in [0, 0.1) is 24.1 Å². The van der Waals surface area contributed by atoms with Gasteiger partial charge < -0.3 is 10.4 Å². The van der Waals surface area contributed by atoms with Gasteiger partial charge in [-0.25, -0.2) is 14.1 Å². The van der Waals surface area contributed by atoms with E-state index in [2.05, 4.69) is 20.6 Å². The van der Waals surface area contributed by atoms with Gasteiger partial charge in [-0.2, -0.15) is 5.26 Å². The summed E-state index contributed by atoms with van der Waals surface area (Å²) < 4.78 is 14.4. The van der Waals surface area contributed by atoms with Gasteiger partial charge in [0.25, 0.3) is 5.91 Å². The molecule has 0 aliphatic heterocycles. The van der Waals surface area contributed by atoms with Crippen molar-refractivity contribution in [1.29, 1.82) is 5.26 Å². The summed E-state index contributed by atoms with van der Waals surface area (Å²) in [5, 5.41) is 29.9. The smallest absolute Gasteiger partial charge is 0.258 e. The molecular formula is C19H17FN6O2. The number of carbonyl (C=O) groups is 1. The van der Waals surface area contributed by atoms with E-state index in [9.17, 15) is 14.3 Å². The van der Waals surface area contributed by atoms with E-state index in [0.29, 0.717) is 22.5 Å². The lowest BCUT2D eigenvalue weighted by molar-refractivity contribution is -0.133. The van der Waals surface area contributed by atoms with E-state index in [1.807, 2.05) is 6.07 Å². The molecular weight excluding hydrogens is 363 g/mol. The van der Waals surface area contributed by atoms with Gasteiger partial charge in [-0.3, -0.25) is 4.79 Å². The Hall–Kier alpha value is -3.64. The zero-order valence-electron chi connectivity index (χ0n) is 15.2. The maximum Gasteiger partial charge on any atom is 0.258 e. The summed E-state index contributed by atoms with van der Waals surface area (Å²) in [6.07, 6.45) is 2.91. The molecule has 0 saturated heterocycles. The Morgan fingerprint density at radius 1 is 1.39 bits per heavy atom.